The minimum atomic E-state index is -0.517. The van der Waals surface area contributed by atoms with Gasteiger partial charge in [-0.25, -0.2) is 0 Å². The van der Waals surface area contributed by atoms with Crippen molar-refractivity contribution in [1.29, 1.82) is 0 Å². The topological polar surface area (TPSA) is 41.9 Å². The van der Waals surface area contributed by atoms with Crippen LogP contribution in [-0.2, 0) is 0 Å². The Morgan fingerprint density at radius 1 is 1.15 bits per heavy atom. The van der Waals surface area contributed by atoms with Crippen LogP contribution in [0.2, 0.25) is 0 Å². The molecule has 1 aromatic rings. The second-order valence-electron chi connectivity index (χ2n) is 5.84. The Labute approximate surface area is 121 Å². The van der Waals surface area contributed by atoms with E-state index in [9.17, 15) is 5.11 Å². The predicted molar refractivity (Wildman–Crippen MR) is 79.3 cm³/mol. The first-order chi connectivity index (χ1) is 9.49. The first kappa shape index (κ1) is 15.1. The van der Waals surface area contributed by atoms with E-state index in [-0.39, 0.29) is 0 Å². The van der Waals surface area contributed by atoms with E-state index in [1.807, 2.05) is 25.2 Å². The summed E-state index contributed by atoms with van der Waals surface area (Å²) in [6.07, 6.45) is -0.517. The molecule has 0 bridgehead atoms. The Bertz CT molecular complexity index is 447. The molecule has 0 aromatic heterocycles. The van der Waals surface area contributed by atoms with Crippen molar-refractivity contribution < 1.29 is 14.6 Å². The Balaban J connectivity index is 2.04. The van der Waals surface area contributed by atoms with Crippen molar-refractivity contribution in [3.8, 4) is 11.5 Å². The molecule has 2 unspecified atom stereocenters. The maximum Gasteiger partial charge on any atom is 0.161 e. The van der Waals surface area contributed by atoms with Crippen LogP contribution in [0.15, 0.2) is 18.2 Å². The van der Waals surface area contributed by atoms with Gasteiger partial charge in [-0.3, -0.25) is 0 Å². The molecule has 2 atom stereocenters. The summed E-state index contributed by atoms with van der Waals surface area (Å²) in [6, 6.07) is 6.10. The number of fused-ring (bicyclic) bond motifs is 1. The molecule has 0 spiro atoms. The first-order valence-electron chi connectivity index (χ1n) is 7.27. The lowest BCUT2D eigenvalue weighted by Gasteiger charge is -2.30. The average molecular weight is 279 g/mol. The van der Waals surface area contributed by atoms with Crippen molar-refractivity contribution >= 4 is 0 Å². The molecule has 4 heteroatoms. The summed E-state index contributed by atoms with van der Waals surface area (Å²) in [4.78, 5) is 2.19. The zero-order chi connectivity index (χ0) is 14.7. The molecular weight excluding hydrogens is 254 g/mol. The van der Waals surface area contributed by atoms with Gasteiger partial charge in [-0.15, -0.1) is 0 Å². The monoisotopic (exact) mass is 279 g/mol. The van der Waals surface area contributed by atoms with E-state index in [1.165, 1.54) is 0 Å². The molecule has 112 valence electrons. The largest absolute Gasteiger partial charge is 0.486 e. The highest BCUT2D eigenvalue weighted by Crippen LogP contribution is 2.32. The van der Waals surface area contributed by atoms with Crippen LogP contribution < -0.4 is 9.47 Å². The van der Waals surface area contributed by atoms with Gasteiger partial charge in [0.25, 0.3) is 0 Å². The van der Waals surface area contributed by atoms with E-state index in [4.69, 9.17) is 9.47 Å². The summed E-state index contributed by atoms with van der Waals surface area (Å²) in [7, 11) is 2.05. The van der Waals surface area contributed by atoms with E-state index in [2.05, 4.69) is 25.7 Å². The Kier molecular flexibility index (Phi) is 4.89. The fourth-order valence-corrected chi connectivity index (χ4v) is 2.32. The van der Waals surface area contributed by atoms with Crippen LogP contribution in [0.4, 0.5) is 0 Å². The van der Waals surface area contributed by atoms with E-state index in [1.54, 1.807) is 0 Å². The van der Waals surface area contributed by atoms with Crippen LogP contribution in [0, 0.1) is 5.92 Å². The molecule has 1 heterocycles. The van der Waals surface area contributed by atoms with Gasteiger partial charge in [-0.1, -0.05) is 19.9 Å². The number of benzene rings is 1. The molecule has 0 radical (unpaired) electrons. The van der Waals surface area contributed by atoms with Gasteiger partial charge in [0.15, 0.2) is 11.5 Å². The van der Waals surface area contributed by atoms with Crippen molar-refractivity contribution in [2.45, 2.75) is 32.9 Å². The van der Waals surface area contributed by atoms with Crippen LogP contribution in [0.25, 0.3) is 0 Å². The molecule has 0 saturated heterocycles. The van der Waals surface area contributed by atoms with Crippen molar-refractivity contribution in [2.24, 2.45) is 5.92 Å². The number of aliphatic hydroxyl groups excluding tert-OH is 1. The second-order valence-corrected chi connectivity index (χ2v) is 5.84. The summed E-state index contributed by atoms with van der Waals surface area (Å²) in [5.41, 5.74) is 0.872. The van der Waals surface area contributed by atoms with E-state index < -0.39 is 6.10 Å². The Morgan fingerprint density at radius 3 is 2.45 bits per heavy atom. The molecule has 1 aliphatic heterocycles. The maximum absolute atomic E-state index is 10.4. The van der Waals surface area contributed by atoms with Gasteiger partial charge >= 0.3 is 0 Å². The molecule has 2 rings (SSSR count). The predicted octanol–water partition coefficient (Wildman–Crippen LogP) is 2.47. The zero-order valence-electron chi connectivity index (χ0n) is 12.8. The smallest absolute Gasteiger partial charge is 0.161 e. The fraction of sp³-hybridized carbons (Fsp3) is 0.625. The molecule has 0 aliphatic carbocycles. The SMILES string of the molecule is CC(C)C(C)N(C)CC(O)c1ccc2c(c1)OCCO2. The number of nitrogens with zero attached hydrogens (tertiary/aromatic N) is 1. The minimum absolute atomic E-state index is 0.432. The molecule has 1 aromatic carbocycles. The third kappa shape index (κ3) is 3.44. The van der Waals surface area contributed by atoms with Gasteiger partial charge in [0.2, 0.25) is 0 Å². The van der Waals surface area contributed by atoms with Crippen molar-refractivity contribution in [3.63, 3.8) is 0 Å². The Hall–Kier alpha value is -1.26. The minimum Gasteiger partial charge on any atom is -0.486 e. The van der Waals surface area contributed by atoms with Crippen molar-refractivity contribution in [2.75, 3.05) is 26.8 Å². The van der Waals surface area contributed by atoms with Gasteiger partial charge in [-0.05, 0) is 37.6 Å². The highest BCUT2D eigenvalue weighted by Gasteiger charge is 2.19. The number of aliphatic hydroxyl groups is 1. The number of rotatable bonds is 5. The lowest BCUT2D eigenvalue weighted by Crippen LogP contribution is -2.36. The van der Waals surface area contributed by atoms with Gasteiger partial charge in [0.05, 0.1) is 6.10 Å². The Morgan fingerprint density at radius 2 is 1.80 bits per heavy atom. The molecule has 1 aliphatic rings. The van der Waals surface area contributed by atoms with Gasteiger partial charge in [-0.2, -0.15) is 0 Å². The first-order valence-corrected chi connectivity index (χ1v) is 7.27. The molecular formula is C16H25NO3. The summed E-state index contributed by atoms with van der Waals surface area (Å²) in [6.45, 7) is 8.33. The summed E-state index contributed by atoms with van der Waals surface area (Å²) < 4.78 is 11.0. The third-order valence-electron chi connectivity index (χ3n) is 4.07. The number of likely N-dealkylation sites (N-methyl/N-ethyl adjacent to an activating group) is 1. The van der Waals surface area contributed by atoms with E-state index in [0.29, 0.717) is 31.7 Å². The second kappa shape index (κ2) is 6.46. The number of hydrogen-bond acceptors (Lipinski definition) is 4. The summed E-state index contributed by atoms with van der Waals surface area (Å²) >= 11 is 0. The average Bonchev–Trinajstić information content (AvgIpc) is 2.45. The van der Waals surface area contributed by atoms with Crippen LogP contribution in [0.5, 0.6) is 11.5 Å². The maximum atomic E-state index is 10.4. The van der Waals surface area contributed by atoms with Gasteiger partial charge in [0, 0.05) is 12.6 Å². The molecule has 20 heavy (non-hydrogen) atoms. The lowest BCUT2D eigenvalue weighted by molar-refractivity contribution is 0.0948. The molecule has 0 amide bonds. The van der Waals surface area contributed by atoms with Crippen molar-refractivity contribution in [1.82, 2.24) is 4.90 Å². The molecule has 0 saturated carbocycles. The molecule has 0 fully saturated rings. The summed E-state index contributed by atoms with van der Waals surface area (Å²) in [5.74, 6) is 2.05. The van der Waals surface area contributed by atoms with Crippen LogP contribution >= 0.6 is 0 Å². The molecule has 1 N–H and O–H groups in total. The fourth-order valence-electron chi connectivity index (χ4n) is 2.32. The standard InChI is InChI=1S/C16H25NO3/c1-11(2)12(3)17(4)10-14(18)13-5-6-15-16(9-13)20-8-7-19-15/h5-6,9,11-12,14,18H,7-8,10H2,1-4H3. The van der Waals surface area contributed by atoms with Gasteiger partial charge in [0.1, 0.15) is 13.2 Å². The van der Waals surface area contributed by atoms with Gasteiger partial charge < -0.3 is 19.5 Å². The van der Waals surface area contributed by atoms with Crippen molar-refractivity contribution in [3.05, 3.63) is 23.8 Å². The van der Waals surface area contributed by atoms with Crippen LogP contribution in [-0.4, -0.2) is 42.9 Å². The van der Waals surface area contributed by atoms with Crippen LogP contribution in [0.1, 0.15) is 32.4 Å². The van der Waals surface area contributed by atoms with Crippen LogP contribution in [0.3, 0.4) is 0 Å². The number of hydrogen-bond donors (Lipinski definition) is 1. The lowest BCUT2D eigenvalue weighted by atomic mass is 10.0. The van der Waals surface area contributed by atoms with E-state index in [0.717, 1.165) is 17.1 Å². The quantitative estimate of drug-likeness (QED) is 0.899. The normalized spacial score (nSPS) is 17.4. The highest BCUT2D eigenvalue weighted by atomic mass is 16.6. The molecule has 4 nitrogen and oxygen atoms in total. The van der Waals surface area contributed by atoms with E-state index >= 15 is 0 Å². The number of ether oxygens (including phenoxy) is 2. The highest BCUT2D eigenvalue weighted by molar-refractivity contribution is 5.44. The third-order valence-corrected chi connectivity index (χ3v) is 4.07. The summed E-state index contributed by atoms with van der Waals surface area (Å²) in [5, 5.41) is 10.4. The zero-order valence-corrected chi connectivity index (χ0v) is 12.8.